The van der Waals surface area contributed by atoms with Gasteiger partial charge in [-0.2, -0.15) is 0 Å². The zero-order valence-electron chi connectivity index (χ0n) is 11.4. The van der Waals surface area contributed by atoms with Gasteiger partial charge < -0.3 is 0 Å². The summed E-state index contributed by atoms with van der Waals surface area (Å²) in [6.07, 6.45) is 15.1. The second kappa shape index (κ2) is 9.17. The monoisotopic (exact) mass is 366 g/mol. The fraction of sp³-hybridized carbons (Fsp3) is 0.571. The Morgan fingerprint density at radius 3 is 1.74 bits per heavy atom. The summed E-state index contributed by atoms with van der Waals surface area (Å²) in [5, 5.41) is 0. The van der Waals surface area contributed by atoms with E-state index in [-0.39, 0.29) is 21.1 Å². The third-order valence-electron chi connectivity index (χ3n) is 3.14. The van der Waals surface area contributed by atoms with E-state index in [9.17, 15) is 0 Å². The molecule has 0 aliphatic carbocycles. The number of hydrogen-bond acceptors (Lipinski definition) is 2. The average Bonchev–Trinajstić information content (AvgIpc) is 3.10. The van der Waals surface area contributed by atoms with Crippen LogP contribution in [0.1, 0.15) is 37.3 Å². The molecule has 0 amide bonds. The molecule has 2 N–H and O–H groups in total. The number of hydrogen-bond donors (Lipinski definition) is 2. The van der Waals surface area contributed by atoms with Crippen LogP contribution in [-0.4, -0.2) is 41.1 Å². The molecule has 0 spiro atoms. The summed E-state index contributed by atoms with van der Waals surface area (Å²) in [6, 6.07) is 0. The Kier molecular flexibility index (Phi) is 7.06. The molecule has 0 aliphatic rings. The Morgan fingerprint density at radius 2 is 1.32 bits per heavy atom. The van der Waals surface area contributed by atoms with E-state index in [2.05, 4.69) is 19.9 Å². The molecule has 0 aromatic carbocycles. The van der Waals surface area contributed by atoms with Crippen molar-refractivity contribution >= 4 is 21.1 Å². The normalized spacial score (nSPS) is 10.9. The van der Waals surface area contributed by atoms with Gasteiger partial charge in [-0.3, -0.25) is 0 Å². The molecule has 0 bridgehead atoms. The van der Waals surface area contributed by atoms with E-state index in [1.54, 1.807) is 0 Å². The Morgan fingerprint density at radius 1 is 0.789 bits per heavy atom. The van der Waals surface area contributed by atoms with Crippen LogP contribution in [0, 0.1) is 0 Å². The van der Waals surface area contributed by atoms with Crippen molar-refractivity contribution in [2.75, 3.05) is 0 Å². The summed E-state index contributed by atoms with van der Waals surface area (Å²) in [4.78, 5) is 14.8. The van der Waals surface area contributed by atoms with Crippen molar-refractivity contribution in [2.45, 2.75) is 47.4 Å². The predicted molar refractivity (Wildman–Crippen MR) is 78.4 cm³/mol. The van der Waals surface area contributed by atoms with E-state index in [0.29, 0.717) is 0 Å². The molecular weight excluding hydrogens is 343 g/mol. The third-order valence-corrected chi connectivity index (χ3v) is 7.18. The van der Waals surface area contributed by atoms with Crippen molar-refractivity contribution in [1.82, 2.24) is 19.9 Å². The first-order valence-electron chi connectivity index (χ1n) is 7.12. The number of aromatic amines is 2. The molecule has 19 heavy (non-hydrogen) atoms. The fourth-order valence-electron chi connectivity index (χ4n) is 2.08. The van der Waals surface area contributed by atoms with Gasteiger partial charge in [0.1, 0.15) is 0 Å². The van der Waals surface area contributed by atoms with E-state index < -0.39 is 0 Å². The molecule has 0 aliphatic heterocycles. The van der Waals surface area contributed by atoms with Gasteiger partial charge in [0.05, 0.1) is 0 Å². The quantitative estimate of drug-likeness (QED) is 0.503. The van der Waals surface area contributed by atoms with Crippen molar-refractivity contribution < 1.29 is 0 Å². The van der Waals surface area contributed by atoms with Gasteiger partial charge in [-0.05, 0) is 0 Å². The van der Waals surface area contributed by atoms with Crippen molar-refractivity contribution in [3.05, 3.63) is 36.4 Å². The van der Waals surface area contributed by atoms with Crippen LogP contribution in [0.25, 0.3) is 0 Å². The van der Waals surface area contributed by atoms with Crippen LogP contribution >= 0.6 is 0 Å². The molecule has 2 aromatic rings. The van der Waals surface area contributed by atoms with Gasteiger partial charge in [0.15, 0.2) is 0 Å². The van der Waals surface area contributed by atoms with E-state index in [4.69, 9.17) is 0 Å². The Bertz CT molecular complexity index is 370. The fourth-order valence-corrected chi connectivity index (χ4v) is 5.65. The minimum absolute atomic E-state index is 0.0888. The molecule has 0 fully saturated rings. The first-order valence-corrected chi connectivity index (χ1v) is 11.2. The number of imidazole rings is 2. The summed E-state index contributed by atoms with van der Waals surface area (Å²) in [5.41, 5.74) is 0. The predicted octanol–water partition coefficient (Wildman–Crippen LogP) is 3.02. The van der Waals surface area contributed by atoms with Crippen LogP contribution in [0.4, 0.5) is 0 Å². The van der Waals surface area contributed by atoms with Crippen molar-refractivity contribution in [3.8, 4) is 0 Å². The summed E-state index contributed by atoms with van der Waals surface area (Å²) < 4.78 is 3.04. The van der Waals surface area contributed by atoms with Gasteiger partial charge in [0.25, 0.3) is 0 Å². The molecule has 2 heterocycles. The molecule has 2 radical (unpaired) electrons. The molecule has 102 valence electrons. The van der Waals surface area contributed by atoms with E-state index in [1.807, 2.05) is 24.8 Å². The number of rotatable bonds is 10. The van der Waals surface area contributed by atoms with Gasteiger partial charge in [-0.1, -0.05) is 0 Å². The van der Waals surface area contributed by atoms with Crippen LogP contribution in [0.2, 0.25) is 8.87 Å². The number of unbranched alkanes of at least 4 members (excludes halogenated alkanes) is 2. The SMILES string of the molecule is c1c[nH]c(CCC[CH2][Sn][CH2]CCCc2ncc[nH]2)n1. The number of aryl methyl sites for hydroxylation is 2. The molecule has 0 saturated carbocycles. The number of nitrogens with one attached hydrogen (secondary N) is 2. The zero-order valence-corrected chi connectivity index (χ0v) is 14.2. The molecule has 2 rings (SSSR count). The van der Waals surface area contributed by atoms with Gasteiger partial charge in [0.2, 0.25) is 0 Å². The number of nitrogens with zero attached hydrogens (tertiary/aromatic N) is 2. The molecule has 0 atom stereocenters. The van der Waals surface area contributed by atoms with Crippen LogP contribution < -0.4 is 0 Å². The molecule has 5 heteroatoms. The van der Waals surface area contributed by atoms with Gasteiger partial charge in [0, 0.05) is 0 Å². The molecule has 4 nitrogen and oxygen atoms in total. The van der Waals surface area contributed by atoms with Crippen molar-refractivity contribution in [3.63, 3.8) is 0 Å². The second-order valence-electron chi connectivity index (χ2n) is 4.74. The van der Waals surface area contributed by atoms with E-state index in [1.165, 1.54) is 34.6 Å². The summed E-state index contributed by atoms with van der Waals surface area (Å²) in [5.74, 6) is 2.28. The number of aromatic nitrogens is 4. The van der Waals surface area contributed by atoms with Gasteiger partial charge in [-0.15, -0.1) is 0 Å². The molecule has 0 saturated heterocycles. The minimum atomic E-state index is -0.0888. The summed E-state index contributed by atoms with van der Waals surface area (Å²) >= 11 is -0.0888. The third kappa shape index (κ3) is 6.27. The zero-order chi connectivity index (χ0) is 13.2. The number of H-pyrrole nitrogens is 2. The topological polar surface area (TPSA) is 57.4 Å². The maximum atomic E-state index is 4.25. The van der Waals surface area contributed by atoms with Crippen LogP contribution in [0.5, 0.6) is 0 Å². The van der Waals surface area contributed by atoms with E-state index in [0.717, 1.165) is 24.5 Å². The maximum absolute atomic E-state index is 4.25. The summed E-state index contributed by atoms with van der Waals surface area (Å²) in [6.45, 7) is 0. The Balaban J connectivity index is 1.36. The van der Waals surface area contributed by atoms with Crippen LogP contribution in [0.3, 0.4) is 0 Å². The second-order valence-corrected chi connectivity index (χ2v) is 9.02. The van der Waals surface area contributed by atoms with Crippen LogP contribution in [-0.2, 0) is 12.8 Å². The van der Waals surface area contributed by atoms with Crippen molar-refractivity contribution in [2.24, 2.45) is 0 Å². The first-order chi connectivity index (χ1) is 9.45. The first kappa shape index (κ1) is 14.6. The van der Waals surface area contributed by atoms with E-state index >= 15 is 0 Å². The Labute approximate surface area is 125 Å². The van der Waals surface area contributed by atoms with Gasteiger partial charge >= 0.3 is 125 Å². The molecule has 0 unspecified atom stereocenters. The summed E-state index contributed by atoms with van der Waals surface area (Å²) in [7, 11) is 0. The molecular formula is C14H22N4Sn. The van der Waals surface area contributed by atoms with Gasteiger partial charge in [-0.25, -0.2) is 0 Å². The Hall–Kier alpha value is -0.781. The molecule has 2 aromatic heterocycles. The van der Waals surface area contributed by atoms with Crippen LogP contribution in [0.15, 0.2) is 24.8 Å². The van der Waals surface area contributed by atoms with Crippen molar-refractivity contribution in [1.29, 1.82) is 0 Å². The average molecular weight is 365 g/mol. The standard InChI is InChI=1S/2C7H11N2.Sn/c2*1-2-3-4-7-8-5-6-9-7;/h2*5-6H,1-4H2,(H,8,9);.